The molecule has 3 rings (SSSR count). The molecular formula is C19H28F3N3O. The lowest BCUT2D eigenvalue weighted by molar-refractivity contribution is 0.0788. The molecule has 0 aromatic heterocycles. The van der Waals surface area contributed by atoms with Gasteiger partial charge < -0.3 is 10.8 Å². The van der Waals surface area contributed by atoms with Crippen LogP contribution < -0.4 is 5.73 Å². The predicted molar refractivity (Wildman–Crippen MR) is 94.0 cm³/mol. The van der Waals surface area contributed by atoms with Crippen molar-refractivity contribution in [3.8, 4) is 0 Å². The fourth-order valence-electron chi connectivity index (χ4n) is 4.69. The number of benzene rings is 1. The number of aliphatic hydroxyl groups is 1. The van der Waals surface area contributed by atoms with Crippen LogP contribution in [0.2, 0.25) is 0 Å². The topological polar surface area (TPSA) is 52.7 Å². The maximum Gasteiger partial charge on any atom is 0.161 e. The molecule has 2 aliphatic rings. The number of halogens is 3. The molecule has 26 heavy (non-hydrogen) atoms. The summed E-state index contributed by atoms with van der Waals surface area (Å²) in [5.74, 6) is -2.76. The lowest BCUT2D eigenvalue weighted by Gasteiger charge is -2.39. The molecule has 1 saturated heterocycles. The monoisotopic (exact) mass is 371 g/mol. The second-order valence-electron chi connectivity index (χ2n) is 7.92. The number of rotatable bonds is 4. The van der Waals surface area contributed by atoms with E-state index in [4.69, 9.17) is 5.73 Å². The summed E-state index contributed by atoms with van der Waals surface area (Å²) < 4.78 is 40.8. The maximum absolute atomic E-state index is 14.1. The van der Waals surface area contributed by atoms with Gasteiger partial charge in [-0.25, -0.2) is 13.2 Å². The van der Waals surface area contributed by atoms with Gasteiger partial charge in [0.15, 0.2) is 11.6 Å². The average Bonchev–Trinajstić information content (AvgIpc) is 2.99. The van der Waals surface area contributed by atoms with Gasteiger partial charge in [-0.05, 0) is 43.9 Å². The molecule has 0 radical (unpaired) electrons. The van der Waals surface area contributed by atoms with Gasteiger partial charge in [-0.3, -0.25) is 9.80 Å². The smallest absolute Gasteiger partial charge is 0.161 e. The van der Waals surface area contributed by atoms with E-state index < -0.39 is 17.5 Å². The molecule has 1 aromatic rings. The van der Waals surface area contributed by atoms with Crippen molar-refractivity contribution < 1.29 is 18.3 Å². The molecule has 2 fully saturated rings. The minimum absolute atomic E-state index is 0.0323. The lowest BCUT2D eigenvalue weighted by atomic mass is 9.77. The van der Waals surface area contributed by atoms with Gasteiger partial charge in [-0.2, -0.15) is 0 Å². The Balaban J connectivity index is 1.67. The van der Waals surface area contributed by atoms with Crippen LogP contribution in [-0.2, 0) is 0 Å². The number of hydrogen-bond acceptors (Lipinski definition) is 4. The molecule has 5 atom stereocenters. The highest BCUT2D eigenvalue weighted by Crippen LogP contribution is 2.37. The van der Waals surface area contributed by atoms with Crippen molar-refractivity contribution in [1.29, 1.82) is 0 Å². The Kier molecular flexibility index (Phi) is 5.91. The van der Waals surface area contributed by atoms with Gasteiger partial charge in [0.2, 0.25) is 0 Å². The molecule has 0 spiro atoms. The number of nitrogens with zero attached hydrogens (tertiary/aromatic N) is 2. The van der Waals surface area contributed by atoms with Crippen molar-refractivity contribution in [2.75, 3.05) is 26.9 Å². The number of likely N-dealkylation sites (N-methyl/N-ethyl adjacent to an activating group) is 1. The molecule has 1 heterocycles. The van der Waals surface area contributed by atoms with Crippen LogP contribution >= 0.6 is 0 Å². The molecule has 1 aliphatic heterocycles. The first kappa shape index (κ1) is 19.6. The van der Waals surface area contributed by atoms with E-state index in [2.05, 4.69) is 11.8 Å². The summed E-state index contributed by atoms with van der Waals surface area (Å²) in [7, 11) is 1.92. The van der Waals surface area contributed by atoms with E-state index in [9.17, 15) is 18.3 Å². The molecule has 7 heteroatoms. The van der Waals surface area contributed by atoms with E-state index in [0.29, 0.717) is 36.9 Å². The molecule has 1 saturated carbocycles. The van der Waals surface area contributed by atoms with Gasteiger partial charge in [0.05, 0.1) is 6.73 Å². The molecule has 4 nitrogen and oxygen atoms in total. The molecule has 3 N–H and O–H groups in total. The van der Waals surface area contributed by atoms with Gasteiger partial charge >= 0.3 is 0 Å². The third kappa shape index (κ3) is 3.76. The lowest BCUT2D eigenvalue weighted by Crippen LogP contribution is -2.46. The van der Waals surface area contributed by atoms with Crippen LogP contribution in [0.4, 0.5) is 13.2 Å². The summed E-state index contributed by atoms with van der Waals surface area (Å²) >= 11 is 0. The Morgan fingerprint density at radius 1 is 1.15 bits per heavy atom. The second-order valence-corrected chi connectivity index (χ2v) is 7.92. The van der Waals surface area contributed by atoms with Crippen molar-refractivity contribution in [1.82, 2.24) is 9.80 Å². The number of aliphatic hydroxyl groups excluding tert-OH is 1. The average molecular weight is 371 g/mol. The molecule has 1 aromatic carbocycles. The van der Waals surface area contributed by atoms with E-state index in [1.54, 1.807) is 0 Å². The van der Waals surface area contributed by atoms with Crippen LogP contribution in [0.3, 0.4) is 0 Å². The van der Waals surface area contributed by atoms with Gasteiger partial charge in [0.25, 0.3) is 0 Å². The largest absolute Gasteiger partial charge is 0.381 e. The van der Waals surface area contributed by atoms with Gasteiger partial charge in [0.1, 0.15) is 5.82 Å². The first-order chi connectivity index (χ1) is 12.3. The van der Waals surface area contributed by atoms with Crippen LogP contribution in [0.5, 0.6) is 0 Å². The van der Waals surface area contributed by atoms with Crippen LogP contribution in [0.25, 0.3) is 0 Å². The summed E-state index contributed by atoms with van der Waals surface area (Å²) in [6.07, 6.45) is 2.20. The van der Waals surface area contributed by atoms with Crippen LogP contribution in [-0.4, -0.2) is 59.9 Å². The number of hydrogen-bond donors (Lipinski definition) is 2. The van der Waals surface area contributed by atoms with Gasteiger partial charge in [0, 0.05) is 43.2 Å². The molecule has 0 amide bonds. The number of nitrogens with two attached hydrogens (primary N) is 1. The Hall–Kier alpha value is -1.15. The van der Waals surface area contributed by atoms with E-state index >= 15 is 0 Å². The van der Waals surface area contributed by atoms with Gasteiger partial charge in [-0.1, -0.05) is 6.92 Å². The Bertz CT molecular complexity index is 645. The molecule has 1 aliphatic carbocycles. The predicted octanol–water partition coefficient (Wildman–Crippen LogP) is 2.27. The van der Waals surface area contributed by atoms with Crippen molar-refractivity contribution in [3.05, 3.63) is 35.1 Å². The standard InChI is InChI=1S/C19H28F3N3O/c1-11-8-25(9-19(11)24(2)10-26)12-3-4-13(18(23)5-12)14-6-16(21)17(22)7-15(14)20/h6-7,11-13,18-19,26H,3-5,8-10,23H2,1-2H3/t11-,12?,13?,18?,19+/m0/s1. The minimum Gasteiger partial charge on any atom is -0.381 e. The zero-order valence-corrected chi connectivity index (χ0v) is 15.3. The summed E-state index contributed by atoms with van der Waals surface area (Å²) in [4.78, 5) is 4.35. The van der Waals surface area contributed by atoms with Crippen molar-refractivity contribution >= 4 is 0 Å². The highest BCUT2D eigenvalue weighted by Gasteiger charge is 2.39. The highest BCUT2D eigenvalue weighted by atomic mass is 19.2. The van der Waals surface area contributed by atoms with E-state index in [0.717, 1.165) is 25.6 Å². The third-order valence-electron chi connectivity index (χ3n) is 6.22. The SMILES string of the molecule is C[C@H]1CN(C2CCC(c3cc(F)c(F)cc3F)C(N)C2)C[C@H]1N(C)CO. The zero-order valence-electron chi connectivity index (χ0n) is 15.3. The van der Waals surface area contributed by atoms with Crippen molar-refractivity contribution in [2.24, 2.45) is 11.7 Å². The summed E-state index contributed by atoms with van der Waals surface area (Å²) in [6.45, 7) is 4.03. The molecule has 3 unspecified atom stereocenters. The first-order valence-electron chi connectivity index (χ1n) is 9.27. The molecular weight excluding hydrogens is 343 g/mol. The molecule has 146 valence electrons. The van der Waals surface area contributed by atoms with E-state index in [-0.39, 0.29) is 24.3 Å². The van der Waals surface area contributed by atoms with Crippen LogP contribution in [0, 0.1) is 23.4 Å². The van der Waals surface area contributed by atoms with Crippen molar-refractivity contribution in [2.45, 2.75) is 50.2 Å². The fraction of sp³-hybridized carbons (Fsp3) is 0.684. The third-order valence-corrected chi connectivity index (χ3v) is 6.22. The Labute approximate surface area is 152 Å². The van der Waals surface area contributed by atoms with E-state index in [1.807, 2.05) is 11.9 Å². The second kappa shape index (κ2) is 7.84. The van der Waals surface area contributed by atoms with Crippen molar-refractivity contribution in [3.63, 3.8) is 0 Å². The summed E-state index contributed by atoms with van der Waals surface area (Å²) in [5.41, 5.74) is 6.50. The highest BCUT2D eigenvalue weighted by molar-refractivity contribution is 5.26. The van der Waals surface area contributed by atoms with Crippen LogP contribution in [0.15, 0.2) is 12.1 Å². The van der Waals surface area contributed by atoms with Crippen LogP contribution in [0.1, 0.15) is 37.7 Å². The normalized spacial score (nSPS) is 33.2. The summed E-state index contributed by atoms with van der Waals surface area (Å²) in [6, 6.07) is 1.88. The Morgan fingerprint density at radius 3 is 2.50 bits per heavy atom. The quantitative estimate of drug-likeness (QED) is 0.630. The van der Waals surface area contributed by atoms with Gasteiger partial charge in [-0.15, -0.1) is 0 Å². The molecule has 0 bridgehead atoms. The fourth-order valence-corrected chi connectivity index (χ4v) is 4.69. The minimum atomic E-state index is -1.17. The van der Waals surface area contributed by atoms with E-state index in [1.165, 1.54) is 0 Å². The number of likely N-dealkylation sites (tertiary alicyclic amines) is 1. The Morgan fingerprint density at radius 2 is 1.85 bits per heavy atom. The summed E-state index contributed by atoms with van der Waals surface area (Å²) in [5, 5.41) is 9.37. The first-order valence-corrected chi connectivity index (χ1v) is 9.27. The zero-order chi connectivity index (χ0) is 19.0. The maximum atomic E-state index is 14.1.